The highest BCUT2D eigenvalue weighted by molar-refractivity contribution is 7.80. The van der Waals surface area contributed by atoms with Crippen LogP contribution in [0.25, 0.3) is 6.08 Å². The van der Waals surface area contributed by atoms with Crippen molar-refractivity contribution in [2.75, 3.05) is 5.75 Å². The quantitative estimate of drug-likeness (QED) is 0.657. The number of rotatable bonds is 4. The van der Waals surface area contributed by atoms with Gasteiger partial charge in [0.25, 0.3) is 0 Å². The fraction of sp³-hybridized carbons (Fsp3) is 0.538. The van der Waals surface area contributed by atoms with E-state index in [1.165, 1.54) is 0 Å². The van der Waals surface area contributed by atoms with Crippen LogP contribution in [0.2, 0.25) is 0 Å². The molecule has 2 rings (SSSR count). The van der Waals surface area contributed by atoms with Crippen LogP contribution in [0.4, 0.5) is 0 Å². The van der Waals surface area contributed by atoms with Crippen molar-refractivity contribution >= 4 is 43.1 Å². The van der Waals surface area contributed by atoms with Gasteiger partial charge in [0.05, 0.1) is 16.9 Å². The predicted molar refractivity (Wildman–Crippen MR) is 87.0 cm³/mol. The first kappa shape index (κ1) is 16.5. The van der Waals surface area contributed by atoms with E-state index in [9.17, 15) is 4.79 Å². The second-order valence-electron chi connectivity index (χ2n) is 5.85. The molecule has 2 heterocycles. The van der Waals surface area contributed by atoms with Crippen molar-refractivity contribution in [3.63, 3.8) is 0 Å². The van der Waals surface area contributed by atoms with Gasteiger partial charge >= 0.3 is 13.1 Å². The number of nitrogens with zero attached hydrogens (tertiary/aromatic N) is 1. The molecule has 1 aromatic rings. The molecule has 21 heavy (non-hydrogen) atoms. The molecule has 1 saturated heterocycles. The number of aromatic carboxylic acids is 1. The van der Waals surface area contributed by atoms with Crippen molar-refractivity contribution in [2.24, 2.45) is 0 Å². The van der Waals surface area contributed by atoms with Gasteiger partial charge in [0.15, 0.2) is 0 Å². The van der Waals surface area contributed by atoms with Gasteiger partial charge in [0.1, 0.15) is 0 Å². The third-order valence-corrected chi connectivity index (χ3v) is 4.99. The summed E-state index contributed by atoms with van der Waals surface area (Å²) in [5.41, 5.74) is 0.553. The summed E-state index contributed by atoms with van der Waals surface area (Å²) in [6, 6.07) is 0. The first-order valence-electron chi connectivity index (χ1n) is 6.52. The summed E-state index contributed by atoms with van der Waals surface area (Å²) in [7, 11) is -0.498. The lowest BCUT2D eigenvalue weighted by molar-refractivity contribution is 0.00578. The number of carbonyl (C=O) groups is 1. The van der Waals surface area contributed by atoms with Crippen LogP contribution in [0.3, 0.4) is 0 Å². The Bertz CT molecular complexity index is 566. The van der Waals surface area contributed by atoms with E-state index in [1.54, 1.807) is 11.5 Å². The third-order valence-electron chi connectivity index (χ3n) is 3.78. The lowest BCUT2D eigenvalue weighted by atomic mass is 9.79. The van der Waals surface area contributed by atoms with Gasteiger partial charge in [0.2, 0.25) is 5.01 Å². The molecule has 1 fully saturated rings. The van der Waals surface area contributed by atoms with E-state index >= 15 is 0 Å². The minimum absolute atomic E-state index is 0.0636. The summed E-state index contributed by atoms with van der Waals surface area (Å²) in [5, 5.41) is 10.7. The fourth-order valence-corrected chi connectivity index (χ4v) is 2.68. The number of hydrogen-bond acceptors (Lipinski definition) is 6. The van der Waals surface area contributed by atoms with E-state index in [-0.39, 0.29) is 5.01 Å². The maximum absolute atomic E-state index is 10.9. The smallest absolute Gasteiger partial charge is 0.476 e. The first-order valence-corrected chi connectivity index (χ1v) is 8.03. The van der Waals surface area contributed by atoms with Crippen molar-refractivity contribution in [1.29, 1.82) is 0 Å². The second-order valence-corrected chi connectivity index (χ2v) is 7.02. The van der Waals surface area contributed by atoms with E-state index in [4.69, 9.17) is 14.4 Å². The van der Waals surface area contributed by atoms with Crippen LogP contribution in [0, 0.1) is 0 Å². The number of thiazole rings is 1. The average Bonchev–Trinajstić information content (AvgIpc) is 2.90. The Hall–Kier alpha value is -0.825. The number of hydrogen-bond donors (Lipinski definition) is 2. The van der Waals surface area contributed by atoms with Crippen LogP contribution in [0.15, 0.2) is 10.9 Å². The van der Waals surface area contributed by atoms with E-state index in [0.29, 0.717) is 11.4 Å². The predicted octanol–water partition coefficient (Wildman–Crippen LogP) is 2.79. The SMILES string of the molecule is CC1(C)OB(C(=Cc2csc(C(=O)O)n2)CS)OC1(C)C. The third kappa shape index (κ3) is 3.34. The van der Waals surface area contributed by atoms with E-state index in [2.05, 4.69) is 17.6 Å². The fourth-order valence-electron chi connectivity index (χ4n) is 1.82. The molecule has 1 aromatic heterocycles. The molecule has 5 nitrogen and oxygen atoms in total. The molecule has 0 spiro atoms. The van der Waals surface area contributed by atoms with Gasteiger partial charge in [-0.1, -0.05) is 0 Å². The molecule has 0 bridgehead atoms. The molecule has 8 heteroatoms. The van der Waals surface area contributed by atoms with E-state index in [0.717, 1.165) is 16.8 Å². The van der Waals surface area contributed by atoms with Gasteiger partial charge in [-0.25, -0.2) is 9.78 Å². The lowest BCUT2D eigenvalue weighted by Gasteiger charge is -2.32. The van der Waals surface area contributed by atoms with Crippen molar-refractivity contribution in [2.45, 2.75) is 38.9 Å². The Balaban J connectivity index is 2.24. The zero-order valence-corrected chi connectivity index (χ0v) is 14.1. The molecule has 1 N–H and O–H groups in total. The molecular formula is C13H18BNO4S2. The molecule has 1 aliphatic heterocycles. The highest BCUT2D eigenvalue weighted by Gasteiger charge is 2.52. The molecular weight excluding hydrogens is 309 g/mol. The number of thiol groups is 1. The number of carboxylic acid groups (broad SMARTS) is 1. The first-order chi connectivity index (χ1) is 9.66. The Morgan fingerprint density at radius 1 is 1.43 bits per heavy atom. The summed E-state index contributed by atoms with van der Waals surface area (Å²) in [5.74, 6) is -0.584. The Kier molecular flexibility index (Phi) is 4.53. The minimum Gasteiger partial charge on any atom is -0.476 e. The number of carboxylic acids is 1. The Labute approximate surface area is 133 Å². The summed E-state index contributed by atoms with van der Waals surface area (Å²) in [6.45, 7) is 7.92. The average molecular weight is 327 g/mol. The maximum Gasteiger partial charge on any atom is 0.491 e. The second kappa shape index (κ2) is 5.76. The molecule has 114 valence electrons. The van der Waals surface area contributed by atoms with Gasteiger partial charge in [-0.3, -0.25) is 0 Å². The van der Waals surface area contributed by atoms with Gasteiger partial charge in [-0.15, -0.1) is 11.3 Å². The molecule has 0 amide bonds. The zero-order valence-electron chi connectivity index (χ0n) is 12.4. The molecule has 1 aliphatic rings. The molecule has 0 aliphatic carbocycles. The van der Waals surface area contributed by atoms with Gasteiger partial charge in [0, 0.05) is 11.1 Å². The van der Waals surface area contributed by atoms with Crippen LogP contribution in [-0.4, -0.2) is 40.1 Å². The monoisotopic (exact) mass is 327 g/mol. The van der Waals surface area contributed by atoms with Crippen molar-refractivity contribution in [1.82, 2.24) is 4.98 Å². The maximum atomic E-state index is 10.9. The summed E-state index contributed by atoms with van der Waals surface area (Å²) >= 11 is 5.40. The molecule has 0 atom stereocenters. The standard InChI is InChI=1S/C13H18BNO4S2/c1-12(2)13(3,4)19-14(18-12)8(6-20)5-9-7-21-10(15-9)11(16)17/h5,7,20H,6H2,1-4H3,(H,16,17). The largest absolute Gasteiger partial charge is 0.491 e. The summed E-state index contributed by atoms with van der Waals surface area (Å²) < 4.78 is 11.9. The highest BCUT2D eigenvalue weighted by Crippen LogP contribution is 2.39. The molecule has 0 unspecified atom stereocenters. The highest BCUT2D eigenvalue weighted by atomic mass is 32.1. The van der Waals surface area contributed by atoms with E-state index in [1.807, 2.05) is 27.7 Å². The molecule has 0 aromatic carbocycles. The van der Waals surface area contributed by atoms with Crippen LogP contribution in [-0.2, 0) is 9.31 Å². The van der Waals surface area contributed by atoms with Crippen LogP contribution in [0.5, 0.6) is 0 Å². The van der Waals surface area contributed by atoms with Crippen molar-refractivity contribution in [3.05, 3.63) is 21.6 Å². The molecule has 0 saturated carbocycles. The van der Waals surface area contributed by atoms with Gasteiger partial charge in [-0.2, -0.15) is 12.6 Å². The Morgan fingerprint density at radius 2 is 2.00 bits per heavy atom. The van der Waals surface area contributed by atoms with Crippen molar-refractivity contribution < 1.29 is 19.2 Å². The van der Waals surface area contributed by atoms with Crippen LogP contribution in [0.1, 0.15) is 43.2 Å². The normalized spacial score (nSPS) is 20.8. The minimum atomic E-state index is -1.03. The van der Waals surface area contributed by atoms with Crippen LogP contribution >= 0.6 is 24.0 Å². The lowest BCUT2D eigenvalue weighted by Crippen LogP contribution is -2.41. The van der Waals surface area contributed by atoms with Gasteiger partial charge < -0.3 is 14.4 Å². The van der Waals surface area contributed by atoms with Crippen LogP contribution < -0.4 is 0 Å². The number of aromatic nitrogens is 1. The zero-order chi connectivity index (χ0) is 15.8. The summed E-state index contributed by atoms with van der Waals surface area (Å²) in [4.78, 5) is 14.9. The van der Waals surface area contributed by atoms with Crippen molar-refractivity contribution in [3.8, 4) is 0 Å². The Morgan fingerprint density at radius 3 is 2.43 bits per heavy atom. The van der Waals surface area contributed by atoms with E-state index < -0.39 is 24.3 Å². The van der Waals surface area contributed by atoms with Gasteiger partial charge in [-0.05, 0) is 39.2 Å². The molecule has 0 radical (unpaired) electrons. The topological polar surface area (TPSA) is 68.7 Å². The summed E-state index contributed by atoms with van der Waals surface area (Å²) in [6.07, 6.45) is 1.78.